The van der Waals surface area contributed by atoms with Crippen LogP contribution in [-0.2, 0) is 0 Å². The normalized spacial score (nSPS) is 11.5. The van der Waals surface area contributed by atoms with Crippen LogP contribution >= 0.6 is 0 Å². The van der Waals surface area contributed by atoms with E-state index in [-0.39, 0.29) is 0 Å². The first-order chi connectivity index (χ1) is 4.56. The van der Waals surface area contributed by atoms with Crippen LogP contribution < -0.4 is 0 Å². The lowest BCUT2D eigenvalue weighted by molar-refractivity contribution is -0.203. The van der Waals surface area contributed by atoms with Crippen molar-refractivity contribution in [1.82, 2.24) is 0 Å². The molecule has 10 heavy (non-hydrogen) atoms. The van der Waals surface area contributed by atoms with E-state index >= 15 is 0 Å². The predicted molar refractivity (Wildman–Crippen MR) is 35.8 cm³/mol. The van der Waals surface area contributed by atoms with Gasteiger partial charge in [0.05, 0.1) is 0 Å². The van der Waals surface area contributed by atoms with Crippen molar-refractivity contribution in [3.05, 3.63) is 12.7 Å². The van der Waals surface area contributed by atoms with E-state index in [0.29, 0.717) is 12.8 Å². The van der Waals surface area contributed by atoms with Gasteiger partial charge in [-0.15, -0.1) is 6.58 Å². The smallest absolute Gasteiger partial charge is 0.336 e. The molecule has 0 atom stereocenters. The Morgan fingerprint density at radius 1 is 1.40 bits per heavy atom. The van der Waals surface area contributed by atoms with Crippen LogP contribution in [0.4, 0.5) is 8.78 Å². The third-order valence-electron chi connectivity index (χ3n) is 1.14. The van der Waals surface area contributed by atoms with Gasteiger partial charge in [-0.1, -0.05) is 6.08 Å². The van der Waals surface area contributed by atoms with Gasteiger partial charge < -0.3 is 5.11 Å². The quantitative estimate of drug-likeness (QED) is 0.471. The molecule has 3 heteroatoms. The third kappa shape index (κ3) is 7.56. The van der Waals surface area contributed by atoms with Crippen molar-refractivity contribution >= 4 is 0 Å². The number of rotatable bonds is 5. The van der Waals surface area contributed by atoms with Crippen LogP contribution in [-0.4, -0.2) is 11.2 Å². The van der Waals surface area contributed by atoms with Crippen LogP contribution in [0.3, 0.4) is 0 Å². The molecule has 0 spiro atoms. The minimum Gasteiger partial charge on any atom is -0.336 e. The van der Waals surface area contributed by atoms with Gasteiger partial charge in [-0.05, 0) is 19.3 Å². The maximum absolute atomic E-state index is 11.7. The van der Waals surface area contributed by atoms with Crippen LogP contribution in [0.15, 0.2) is 12.7 Å². The molecule has 0 radical (unpaired) electrons. The summed E-state index contributed by atoms with van der Waals surface area (Å²) in [4.78, 5) is 0. The zero-order valence-electron chi connectivity index (χ0n) is 5.82. The van der Waals surface area contributed by atoms with Gasteiger partial charge in [0.25, 0.3) is 0 Å². The number of hydrogen-bond donors (Lipinski definition) is 1. The lowest BCUT2D eigenvalue weighted by atomic mass is 10.2. The number of hydrogen-bond acceptors (Lipinski definition) is 1. The average molecular weight is 150 g/mol. The second-order valence-electron chi connectivity index (χ2n) is 2.20. The van der Waals surface area contributed by atoms with Crippen molar-refractivity contribution < 1.29 is 13.9 Å². The van der Waals surface area contributed by atoms with Crippen LogP contribution in [0.2, 0.25) is 0 Å². The van der Waals surface area contributed by atoms with Gasteiger partial charge in [0, 0.05) is 6.42 Å². The zero-order valence-corrected chi connectivity index (χ0v) is 5.82. The molecule has 0 aromatic rings. The molecule has 0 saturated heterocycles. The van der Waals surface area contributed by atoms with E-state index in [1.165, 1.54) is 0 Å². The summed E-state index contributed by atoms with van der Waals surface area (Å²) in [7, 11) is 0. The molecule has 0 saturated carbocycles. The fourth-order valence-corrected chi connectivity index (χ4v) is 0.626. The maximum atomic E-state index is 11.7. The number of unbranched alkanes of at least 4 members (excludes halogenated alkanes) is 2. The molecule has 0 aromatic heterocycles. The van der Waals surface area contributed by atoms with E-state index < -0.39 is 12.5 Å². The summed E-state index contributed by atoms with van der Waals surface area (Å²) in [6.07, 6.45) is -0.511. The number of allylic oxidation sites excluding steroid dienone is 1. The van der Waals surface area contributed by atoms with Crippen LogP contribution in [0, 0.1) is 0 Å². The minimum absolute atomic E-state index is 0.343. The van der Waals surface area contributed by atoms with Gasteiger partial charge in [0.15, 0.2) is 0 Å². The van der Waals surface area contributed by atoms with Gasteiger partial charge in [-0.25, -0.2) is 0 Å². The van der Waals surface area contributed by atoms with Crippen molar-refractivity contribution in [3.8, 4) is 0 Å². The van der Waals surface area contributed by atoms with Crippen LogP contribution in [0.1, 0.15) is 25.7 Å². The van der Waals surface area contributed by atoms with Gasteiger partial charge in [-0.3, -0.25) is 0 Å². The average Bonchev–Trinajstić information content (AvgIpc) is 1.78. The van der Waals surface area contributed by atoms with Gasteiger partial charge in [0.1, 0.15) is 0 Å². The van der Waals surface area contributed by atoms with E-state index in [2.05, 4.69) is 6.58 Å². The Morgan fingerprint density at radius 3 is 2.40 bits per heavy atom. The van der Waals surface area contributed by atoms with Crippen molar-refractivity contribution in [3.63, 3.8) is 0 Å². The Bertz CT molecular complexity index is 96.3. The Hall–Kier alpha value is -0.440. The fraction of sp³-hybridized carbons (Fsp3) is 0.714. The molecular formula is C7H12F2O. The second-order valence-corrected chi connectivity index (χ2v) is 2.20. The molecule has 0 aliphatic heterocycles. The summed E-state index contributed by atoms with van der Waals surface area (Å²) in [6.45, 7) is 3.44. The molecule has 1 nitrogen and oxygen atoms in total. The van der Waals surface area contributed by atoms with Gasteiger partial charge in [0.2, 0.25) is 0 Å². The molecule has 0 heterocycles. The number of alkyl halides is 2. The van der Waals surface area contributed by atoms with Crippen molar-refractivity contribution in [2.75, 3.05) is 0 Å². The Kier molecular flexibility index (Phi) is 4.19. The lowest BCUT2D eigenvalue weighted by Gasteiger charge is -2.06. The molecule has 0 unspecified atom stereocenters. The SMILES string of the molecule is C=CCCCCC(O)(F)F. The molecule has 0 aliphatic carbocycles. The first-order valence-corrected chi connectivity index (χ1v) is 3.27. The highest BCUT2D eigenvalue weighted by Gasteiger charge is 2.22. The van der Waals surface area contributed by atoms with E-state index in [0.717, 1.165) is 6.42 Å². The molecule has 0 rings (SSSR count). The second kappa shape index (κ2) is 4.39. The highest BCUT2D eigenvalue weighted by Crippen LogP contribution is 2.17. The summed E-state index contributed by atoms with van der Waals surface area (Å²) in [5.41, 5.74) is 0. The Labute approximate surface area is 59.4 Å². The topological polar surface area (TPSA) is 20.2 Å². The predicted octanol–water partition coefficient (Wildman–Crippen LogP) is 2.32. The summed E-state index contributed by atoms with van der Waals surface area (Å²) in [6, 6.07) is 0. The van der Waals surface area contributed by atoms with E-state index in [9.17, 15) is 8.78 Å². The minimum atomic E-state index is -3.48. The first-order valence-electron chi connectivity index (χ1n) is 3.27. The molecule has 0 aliphatic rings. The van der Waals surface area contributed by atoms with E-state index in [1.54, 1.807) is 6.08 Å². The standard InChI is InChI=1S/C7H12F2O/c1-2-3-4-5-6-7(8,9)10/h2,10H,1,3-6H2. The molecule has 0 aromatic carbocycles. The van der Waals surface area contributed by atoms with Crippen LogP contribution in [0.5, 0.6) is 0 Å². The number of aliphatic hydroxyl groups is 1. The largest absolute Gasteiger partial charge is 0.353 e. The van der Waals surface area contributed by atoms with E-state index in [1.807, 2.05) is 0 Å². The summed E-state index contributed by atoms with van der Waals surface area (Å²) in [5, 5.41) is 7.96. The highest BCUT2D eigenvalue weighted by atomic mass is 19.3. The molecular weight excluding hydrogens is 138 g/mol. The summed E-state index contributed by atoms with van der Waals surface area (Å²) >= 11 is 0. The first kappa shape index (κ1) is 9.56. The van der Waals surface area contributed by atoms with Crippen molar-refractivity contribution in [1.29, 1.82) is 0 Å². The van der Waals surface area contributed by atoms with E-state index in [4.69, 9.17) is 5.11 Å². The molecule has 0 bridgehead atoms. The maximum Gasteiger partial charge on any atom is 0.353 e. The van der Waals surface area contributed by atoms with Gasteiger partial charge >= 0.3 is 6.11 Å². The molecule has 60 valence electrons. The van der Waals surface area contributed by atoms with Gasteiger partial charge in [-0.2, -0.15) is 8.78 Å². The number of halogens is 2. The summed E-state index contributed by atoms with van der Waals surface area (Å²) < 4.78 is 23.4. The molecule has 0 fully saturated rings. The Morgan fingerprint density at radius 2 is 2.00 bits per heavy atom. The zero-order chi connectivity index (χ0) is 8.04. The third-order valence-corrected chi connectivity index (χ3v) is 1.14. The molecule has 0 amide bonds. The highest BCUT2D eigenvalue weighted by molar-refractivity contribution is 4.65. The van der Waals surface area contributed by atoms with Crippen molar-refractivity contribution in [2.24, 2.45) is 0 Å². The lowest BCUT2D eigenvalue weighted by Crippen LogP contribution is -2.13. The molecule has 1 N–H and O–H groups in total. The van der Waals surface area contributed by atoms with Crippen molar-refractivity contribution in [2.45, 2.75) is 31.8 Å². The van der Waals surface area contributed by atoms with Crippen LogP contribution in [0.25, 0.3) is 0 Å². The Balaban J connectivity index is 3.12. The summed E-state index contributed by atoms with van der Waals surface area (Å²) in [5.74, 6) is 0. The monoisotopic (exact) mass is 150 g/mol. The fourth-order valence-electron chi connectivity index (χ4n) is 0.626.